The highest BCUT2D eigenvalue weighted by Crippen LogP contribution is 2.02. The van der Waals surface area contributed by atoms with Crippen LogP contribution in [0, 0.1) is 0 Å². The van der Waals surface area contributed by atoms with Crippen molar-refractivity contribution < 1.29 is 0 Å². The molecule has 0 heterocycles. The minimum Gasteiger partial charge on any atom is -0.314 e. The number of hydrogen-bond donors (Lipinski definition) is 1. The van der Waals surface area contributed by atoms with Crippen LogP contribution in [0.2, 0.25) is 0 Å². The second-order valence-electron chi connectivity index (χ2n) is 4.22. The van der Waals surface area contributed by atoms with Gasteiger partial charge in [-0.25, -0.2) is 0 Å². The second kappa shape index (κ2) is 10.8. The number of unbranched alkanes of at least 4 members (excludes halogenated alkanes) is 4. The number of hydrogen-bond acceptors (Lipinski definition) is 1. The van der Waals surface area contributed by atoms with Crippen LogP contribution >= 0.6 is 0 Å². The molecule has 1 heteroatoms. The standard InChI is InChI=1S/C13H27N/c1-4-5-6-7-8-9-10-11-12-14-13(2)3/h9-10,13-14H,4-8,11-12H2,1-3H3/b10-9+. The molecule has 1 N–H and O–H groups in total. The first kappa shape index (κ1) is 13.7. The lowest BCUT2D eigenvalue weighted by atomic mass is 10.1. The first-order valence-electron chi connectivity index (χ1n) is 6.15. The zero-order valence-corrected chi connectivity index (χ0v) is 10.2. The van der Waals surface area contributed by atoms with Gasteiger partial charge in [0, 0.05) is 6.04 Å². The molecule has 0 radical (unpaired) electrons. The van der Waals surface area contributed by atoms with Gasteiger partial charge in [-0.2, -0.15) is 0 Å². The molecule has 0 fully saturated rings. The van der Waals surface area contributed by atoms with Crippen molar-refractivity contribution in [2.45, 2.75) is 65.3 Å². The monoisotopic (exact) mass is 197 g/mol. The highest BCUT2D eigenvalue weighted by atomic mass is 14.9. The third-order valence-electron chi connectivity index (χ3n) is 2.25. The molecule has 0 aliphatic carbocycles. The fourth-order valence-corrected chi connectivity index (χ4v) is 1.38. The molecule has 0 saturated carbocycles. The quantitative estimate of drug-likeness (QED) is 0.436. The van der Waals surface area contributed by atoms with Crippen LogP contribution < -0.4 is 5.32 Å². The Balaban J connectivity index is 3.04. The maximum atomic E-state index is 3.41. The van der Waals surface area contributed by atoms with Crippen molar-refractivity contribution in [3.63, 3.8) is 0 Å². The molecule has 0 spiro atoms. The van der Waals surface area contributed by atoms with Crippen LogP contribution in [-0.2, 0) is 0 Å². The summed E-state index contributed by atoms with van der Waals surface area (Å²) >= 11 is 0. The van der Waals surface area contributed by atoms with Gasteiger partial charge in [-0.05, 0) is 25.8 Å². The van der Waals surface area contributed by atoms with Gasteiger partial charge in [0.25, 0.3) is 0 Å². The molecule has 0 aliphatic rings. The molecule has 1 nitrogen and oxygen atoms in total. The smallest absolute Gasteiger partial charge is 0.00105 e. The normalized spacial score (nSPS) is 11.7. The van der Waals surface area contributed by atoms with Gasteiger partial charge in [-0.15, -0.1) is 0 Å². The van der Waals surface area contributed by atoms with Crippen LogP contribution in [0.3, 0.4) is 0 Å². The zero-order chi connectivity index (χ0) is 10.6. The third kappa shape index (κ3) is 11.7. The molecule has 14 heavy (non-hydrogen) atoms. The van der Waals surface area contributed by atoms with E-state index < -0.39 is 0 Å². The van der Waals surface area contributed by atoms with Gasteiger partial charge in [-0.1, -0.05) is 52.2 Å². The minimum atomic E-state index is 0.618. The van der Waals surface area contributed by atoms with E-state index in [-0.39, 0.29) is 0 Å². The van der Waals surface area contributed by atoms with Gasteiger partial charge in [-0.3, -0.25) is 0 Å². The molecule has 0 bridgehead atoms. The summed E-state index contributed by atoms with van der Waals surface area (Å²) in [6.07, 6.45) is 12.6. The van der Waals surface area contributed by atoms with Crippen molar-refractivity contribution in [3.8, 4) is 0 Å². The van der Waals surface area contributed by atoms with Gasteiger partial charge < -0.3 is 5.32 Å². The van der Waals surface area contributed by atoms with E-state index in [0.717, 1.165) is 6.54 Å². The Bertz CT molecular complexity index is 127. The van der Waals surface area contributed by atoms with Crippen molar-refractivity contribution in [2.24, 2.45) is 0 Å². The predicted molar refractivity (Wildman–Crippen MR) is 65.7 cm³/mol. The third-order valence-corrected chi connectivity index (χ3v) is 2.25. The summed E-state index contributed by atoms with van der Waals surface area (Å²) in [6, 6.07) is 0.618. The Morgan fingerprint density at radius 2 is 1.71 bits per heavy atom. The summed E-state index contributed by atoms with van der Waals surface area (Å²) < 4.78 is 0. The van der Waals surface area contributed by atoms with Crippen LogP contribution in [0.25, 0.3) is 0 Å². The molecule has 0 saturated heterocycles. The largest absolute Gasteiger partial charge is 0.314 e. The summed E-state index contributed by atoms with van der Waals surface area (Å²) in [7, 11) is 0. The Hall–Kier alpha value is -0.300. The number of nitrogens with one attached hydrogen (secondary N) is 1. The molecule has 0 atom stereocenters. The summed E-state index contributed by atoms with van der Waals surface area (Å²) in [5.41, 5.74) is 0. The summed E-state index contributed by atoms with van der Waals surface area (Å²) in [6.45, 7) is 7.75. The summed E-state index contributed by atoms with van der Waals surface area (Å²) in [5.74, 6) is 0. The topological polar surface area (TPSA) is 12.0 Å². The Morgan fingerprint density at radius 3 is 2.36 bits per heavy atom. The zero-order valence-electron chi connectivity index (χ0n) is 10.2. The van der Waals surface area contributed by atoms with Gasteiger partial charge in [0.05, 0.1) is 0 Å². The average molecular weight is 197 g/mol. The first-order valence-corrected chi connectivity index (χ1v) is 6.15. The Morgan fingerprint density at radius 1 is 1.00 bits per heavy atom. The van der Waals surface area contributed by atoms with E-state index in [2.05, 4.69) is 38.2 Å². The van der Waals surface area contributed by atoms with Crippen LogP contribution in [0.4, 0.5) is 0 Å². The highest BCUT2D eigenvalue weighted by molar-refractivity contribution is 4.82. The summed E-state index contributed by atoms with van der Waals surface area (Å²) in [4.78, 5) is 0. The van der Waals surface area contributed by atoms with Crippen molar-refractivity contribution in [3.05, 3.63) is 12.2 Å². The molecule has 0 aromatic heterocycles. The maximum absolute atomic E-state index is 3.41. The van der Waals surface area contributed by atoms with Crippen molar-refractivity contribution in [1.29, 1.82) is 0 Å². The van der Waals surface area contributed by atoms with Gasteiger partial charge >= 0.3 is 0 Å². The van der Waals surface area contributed by atoms with E-state index in [1.807, 2.05) is 0 Å². The second-order valence-corrected chi connectivity index (χ2v) is 4.22. The lowest BCUT2D eigenvalue weighted by Crippen LogP contribution is -2.23. The molecule has 0 aromatic carbocycles. The molecular weight excluding hydrogens is 170 g/mol. The van der Waals surface area contributed by atoms with E-state index in [4.69, 9.17) is 0 Å². The van der Waals surface area contributed by atoms with Crippen molar-refractivity contribution in [1.82, 2.24) is 5.32 Å². The first-order chi connectivity index (χ1) is 6.77. The van der Waals surface area contributed by atoms with E-state index in [0.29, 0.717) is 6.04 Å². The molecule has 0 aliphatic heterocycles. The minimum absolute atomic E-state index is 0.618. The molecule has 0 unspecified atom stereocenters. The van der Waals surface area contributed by atoms with E-state index in [1.165, 1.54) is 38.5 Å². The van der Waals surface area contributed by atoms with E-state index >= 15 is 0 Å². The predicted octanol–water partition coefficient (Wildman–Crippen LogP) is 3.90. The van der Waals surface area contributed by atoms with Gasteiger partial charge in [0.2, 0.25) is 0 Å². The van der Waals surface area contributed by atoms with Crippen molar-refractivity contribution in [2.75, 3.05) is 6.54 Å². The SMILES string of the molecule is CCCCCC/C=C/CCNC(C)C. The highest BCUT2D eigenvalue weighted by Gasteiger charge is 1.88. The molecule has 84 valence electrons. The van der Waals surface area contributed by atoms with Gasteiger partial charge in [0.15, 0.2) is 0 Å². The average Bonchev–Trinajstić information content (AvgIpc) is 2.15. The van der Waals surface area contributed by atoms with Gasteiger partial charge in [0.1, 0.15) is 0 Å². The molecule has 0 amide bonds. The number of allylic oxidation sites excluding steroid dienone is 1. The van der Waals surface area contributed by atoms with Crippen LogP contribution in [0.5, 0.6) is 0 Å². The lowest BCUT2D eigenvalue weighted by Gasteiger charge is -2.04. The van der Waals surface area contributed by atoms with E-state index in [1.54, 1.807) is 0 Å². The van der Waals surface area contributed by atoms with Crippen molar-refractivity contribution >= 4 is 0 Å². The molecule has 0 rings (SSSR count). The van der Waals surface area contributed by atoms with E-state index in [9.17, 15) is 0 Å². The number of rotatable bonds is 9. The van der Waals surface area contributed by atoms with Crippen LogP contribution in [0.1, 0.15) is 59.3 Å². The molecular formula is C13H27N. The van der Waals surface area contributed by atoms with Crippen LogP contribution in [0.15, 0.2) is 12.2 Å². The fourth-order valence-electron chi connectivity index (χ4n) is 1.38. The maximum Gasteiger partial charge on any atom is 0.00105 e. The Labute approximate surface area is 90.0 Å². The fraction of sp³-hybridized carbons (Fsp3) is 0.846. The lowest BCUT2D eigenvalue weighted by molar-refractivity contribution is 0.594. The summed E-state index contributed by atoms with van der Waals surface area (Å²) in [5, 5.41) is 3.41. The molecule has 0 aromatic rings. The van der Waals surface area contributed by atoms with Crippen LogP contribution in [-0.4, -0.2) is 12.6 Å². The Kier molecular flexibility index (Phi) is 10.5.